The number of carbonyl (C=O) groups is 2. The van der Waals surface area contributed by atoms with Crippen LogP contribution in [0.2, 0.25) is 0 Å². The van der Waals surface area contributed by atoms with E-state index >= 15 is 0 Å². The molecule has 170 valence electrons. The van der Waals surface area contributed by atoms with E-state index in [1.54, 1.807) is 15.8 Å². The standard InChI is InChI=1S/C22H23FN8O2/c1-2-19(32)30-9-3-4-17(13-30)31-12-16(10-26-31)28-22-25-11-18(20(24)33)21(29-22)27-15-7-5-14(23)6-8-15/h2,5-8,10-12,17H,1,3-4,9,13H2,(H2,24,33)(H2,25,27,28,29)/t17-/m1/s1. The first-order chi connectivity index (χ1) is 15.9. The largest absolute Gasteiger partial charge is 0.365 e. The summed E-state index contributed by atoms with van der Waals surface area (Å²) < 4.78 is 15.0. The molecule has 0 unspecified atom stereocenters. The second-order valence-corrected chi connectivity index (χ2v) is 7.57. The minimum atomic E-state index is -0.699. The van der Waals surface area contributed by atoms with Crippen LogP contribution in [-0.4, -0.2) is 49.6 Å². The Bertz CT molecular complexity index is 1180. The van der Waals surface area contributed by atoms with Gasteiger partial charge in [-0.15, -0.1) is 0 Å². The molecule has 2 aromatic heterocycles. The number of halogens is 1. The van der Waals surface area contributed by atoms with Gasteiger partial charge in [-0.3, -0.25) is 14.3 Å². The molecular weight excluding hydrogens is 427 g/mol. The number of hydrogen-bond acceptors (Lipinski definition) is 7. The number of nitrogens with one attached hydrogen (secondary N) is 2. The lowest BCUT2D eigenvalue weighted by atomic mass is 10.1. The highest BCUT2D eigenvalue weighted by Gasteiger charge is 2.24. The summed E-state index contributed by atoms with van der Waals surface area (Å²) in [7, 11) is 0. The van der Waals surface area contributed by atoms with Crippen molar-refractivity contribution in [3.63, 3.8) is 0 Å². The Morgan fingerprint density at radius 2 is 1.97 bits per heavy atom. The first-order valence-electron chi connectivity index (χ1n) is 10.3. The van der Waals surface area contributed by atoms with Crippen LogP contribution in [0.5, 0.6) is 0 Å². The molecule has 0 spiro atoms. The van der Waals surface area contributed by atoms with E-state index in [1.165, 1.54) is 36.5 Å². The molecule has 0 saturated carbocycles. The van der Waals surface area contributed by atoms with Gasteiger partial charge in [-0.25, -0.2) is 9.37 Å². The van der Waals surface area contributed by atoms with Crippen LogP contribution in [0, 0.1) is 5.82 Å². The SMILES string of the molecule is C=CC(=O)N1CCC[C@@H](n2cc(Nc3ncc(C(N)=O)c(Nc4ccc(F)cc4)n3)cn2)C1. The fraction of sp³-hybridized carbons (Fsp3) is 0.227. The molecule has 1 fully saturated rings. The number of carbonyl (C=O) groups excluding carboxylic acids is 2. The summed E-state index contributed by atoms with van der Waals surface area (Å²) in [5.41, 5.74) is 6.70. The van der Waals surface area contributed by atoms with E-state index in [2.05, 4.69) is 32.3 Å². The van der Waals surface area contributed by atoms with E-state index in [9.17, 15) is 14.0 Å². The van der Waals surface area contributed by atoms with E-state index in [0.29, 0.717) is 24.5 Å². The molecule has 1 aliphatic heterocycles. The number of anilines is 4. The minimum Gasteiger partial charge on any atom is -0.365 e. The second-order valence-electron chi connectivity index (χ2n) is 7.57. The predicted molar refractivity (Wildman–Crippen MR) is 121 cm³/mol. The summed E-state index contributed by atoms with van der Waals surface area (Å²) >= 11 is 0. The van der Waals surface area contributed by atoms with Crippen molar-refractivity contribution in [2.75, 3.05) is 23.7 Å². The number of nitrogens with two attached hydrogens (primary N) is 1. The zero-order chi connectivity index (χ0) is 23.4. The van der Waals surface area contributed by atoms with Gasteiger partial charge >= 0.3 is 0 Å². The van der Waals surface area contributed by atoms with Crippen LogP contribution < -0.4 is 16.4 Å². The molecule has 3 aromatic rings. The number of benzene rings is 1. The van der Waals surface area contributed by atoms with E-state index in [4.69, 9.17) is 5.73 Å². The predicted octanol–water partition coefficient (Wildman–Crippen LogP) is 2.75. The van der Waals surface area contributed by atoms with Crippen LogP contribution in [-0.2, 0) is 4.79 Å². The highest BCUT2D eigenvalue weighted by molar-refractivity contribution is 5.98. The van der Waals surface area contributed by atoms with Crippen LogP contribution in [0.1, 0.15) is 29.2 Å². The summed E-state index contributed by atoms with van der Waals surface area (Å²) in [5, 5.41) is 10.4. The number of rotatable bonds is 7. The van der Waals surface area contributed by atoms with Gasteiger partial charge in [0.05, 0.1) is 17.9 Å². The highest BCUT2D eigenvalue weighted by atomic mass is 19.1. The first kappa shape index (κ1) is 21.9. The number of hydrogen-bond donors (Lipinski definition) is 3. The maximum atomic E-state index is 13.2. The summed E-state index contributed by atoms with van der Waals surface area (Å²) in [6.45, 7) is 4.81. The maximum absolute atomic E-state index is 13.2. The number of piperidine rings is 1. The molecule has 33 heavy (non-hydrogen) atoms. The monoisotopic (exact) mass is 450 g/mol. The summed E-state index contributed by atoms with van der Waals surface area (Å²) in [6.07, 6.45) is 7.86. The Hall–Kier alpha value is -4.28. The molecule has 11 heteroatoms. The van der Waals surface area contributed by atoms with Crippen molar-refractivity contribution >= 4 is 35.0 Å². The smallest absolute Gasteiger partial charge is 0.254 e. The molecule has 1 saturated heterocycles. The molecule has 1 atom stereocenters. The zero-order valence-electron chi connectivity index (χ0n) is 17.7. The average Bonchev–Trinajstić information content (AvgIpc) is 3.28. The third-order valence-corrected chi connectivity index (χ3v) is 5.28. The van der Waals surface area contributed by atoms with E-state index < -0.39 is 5.91 Å². The van der Waals surface area contributed by atoms with Crippen molar-refractivity contribution in [2.45, 2.75) is 18.9 Å². The summed E-state index contributed by atoms with van der Waals surface area (Å²) in [5.74, 6) is -0.766. The van der Waals surface area contributed by atoms with Crippen LogP contribution in [0.3, 0.4) is 0 Å². The quantitative estimate of drug-likeness (QED) is 0.472. The minimum absolute atomic E-state index is 0.0482. The number of likely N-dealkylation sites (tertiary alicyclic amines) is 1. The molecule has 4 rings (SSSR count). The van der Waals surface area contributed by atoms with Crippen LogP contribution in [0.25, 0.3) is 0 Å². The van der Waals surface area contributed by atoms with Crippen LogP contribution in [0.4, 0.5) is 27.5 Å². The Balaban J connectivity index is 1.50. The molecule has 1 aromatic carbocycles. The van der Waals surface area contributed by atoms with Gasteiger partial charge < -0.3 is 21.3 Å². The number of primary amides is 1. The van der Waals surface area contributed by atoms with Gasteiger partial charge in [0.1, 0.15) is 17.2 Å². The maximum Gasteiger partial charge on any atom is 0.254 e. The molecule has 2 amide bonds. The van der Waals surface area contributed by atoms with Gasteiger partial charge in [0.15, 0.2) is 0 Å². The van der Waals surface area contributed by atoms with Crippen molar-refractivity contribution in [2.24, 2.45) is 5.73 Å². The third-order valence-electron chi connectivity index (χ3n) is 5.28. The fourth-order valence-electron chi connectivity index (χ4n) is 3.62. The van der Waals surface area contributed by atoms with E-state index in [1.807, 2.05) is 6.20 Å². The molecular formula is C22H23FN8O2. The molecule has 10 nitrogen and oxygen atoms in total. The van der Waals surface area contributed by atoms with Crippen molar-refractivity contribution in [3.05, 3.63) is 66.9 Å². The zero-order valence-corrected chi connectivity index (χ0v) is 17.7. The van der Waals surface area contributed by atoms with Crippen molar-refractivity contribution < 1.29 is 14.0 Å². The molecule has 0 aliphatic carbocycles. The van der Waals surface area contributed by atoms with Gasteiger partial charge in [0.2, 0.25) is 11.9 Å². The van der Waals surface area contributed by atoms with Gasteiger partial charge in [-0.05, 0) is 43.2 Å². The third kappa shape index (κ3) is 5.14. The van der Waals surface area contributed by atoms with Crippen molar-refractivity contribution in [3.8, 4) is 0 Å². The Kier molecular flexibility index (Phi) is 6.29. The van der Waals surface area contributed by atoms with E-state index in [0.717, 1.165) is 12.8 Å². The van der Waals surface area contributed by atoms with Crippen molar-refractivity contribution in [1.29, 1.82) is 0 Å². The normalized spacial score (nSPS) is 15.7. The van der Waals surface area contributed by atoms with Crippen LogP contribution >= 0.6 is 0 Å². The molecule has 1 aliphatic rings. The topological polar surface area (TPSA) is 131 Å². The second kappa shape index (κ2) is 9.47. The Morgan fingerprint density at radius 3 is 2.70 bits per heavy atom. The van der Waals surface area contributed by atoms with Gasteiger partial charge in [0, 0.05) is 31.2 Å². The Labute approximate surface area is 189 Å². The van der Waals surface area contributed by atoms with Crippen LogP contribution in [0.15, 0.2) is 55.5 Å². The molecule has 0 bridgehead atoms. The Morgan fingerprint density at radius 1 is 1.18 bits per heavy atom. The van der Waals surface area contributed by atoms with Gasteiger partial charge in [-0.2, -0.15) is 10.1 Å². The lowest BCUT2D eigenvalue weighted by Gasteiger charge is -2.32. The first-order valence-corrected chi connectivity index (χ1v) is 10.3. The molecule has 0 radical (unpaired) electrons. The highest BCUT2D eigenvalue weighted by Crippen LogP contribution is 2.25. The summed E-state index contributed by atoms with van der Waals surface area (Å²) in [6, 6.07) is 5.66. The van der Waals surface area contributed by atoms with Gasteiger partial charge in [0.25, 0.3) is 5.91 Å². The van der Waals surface area contributed by atoms with Gasteiger partial charge in [-0.1, -0.05) is 6.58 Å². The lowest BCUT2D eigenvalue weighted by Crippen LogP contribution is -2.39. The summed E-state index contributed by atoms with van der Waals surface area (Å²) in [4.78, 5) is 34.0. The number of aromatic nitrogens is 4. The lowest BCUT2D eigenvalue weighted by molar-refractivity contribution is -0.127. The average molecular weight is 450 g/mol. The number of nitrogens with zero attached hydrogens (tertiary/aromatic N) is 5. The fourth-order valence-corrected chi connectivity index (χ4v) is 3.62. The van der Waals surface area contributed by atoms with E-state index in [-0.39, 0.29) is 35.1 Å². The van der Waals surface area contributed by atoms with Crippen molar-refractivity contribution in [1.82, 2.24) is 24.6 Å². The number of amides is 2. The molecule has 4 N–H and O–H groups in total. The molecule has 3 heterocycles.